The van der Waals surface area contributed by atoms with Crippen LogP contribution in [0.5, 0.6) is 0 Å². The lowest BCUT2D eigenvalue weighted by atomic mass is 10.00. The summed E-state index contributed by atoms with van der Waals surface area (Å²) in [7, 11) is 0. The maximum Gasteiger partial charge on any atom is 0.224 e. The molecule has 1 amide bonds. The number of benzene rings is 1. The molecule has 22 heavy (non-hydrogen) atoms. The van der Waals surface area contributed by atoms with Gasteiger partial charge < -0.3 is 10.1 Å². The summed E-state index contributed by atoms with van der Waals surface area (Å²) in [6.07, 6.45) is 3.13. The Morgan fingerprint density at radius 3 is 2.73 bits per heavy atom. The summed E-state index contributed by atoms with van der Waals surface area (Å²) < 4.78 is 5.36. The summed E-state index contributed by atoms with van der Waals surface area (Å²) in [6.45, 7) is 5.35. The first-order valence-electron chi connectivity index (χ1n) is 8.43. The average Bonchev–Trinajstić information content (AvgIpc) is 3.03. The number of amides is 1. The molecular weight excluding hydrogens is 276 g/mol. The first kappa shape index (κ1) is 15.5. The predicted molar refractivity (Wildman–Crippen MR) is 86.4 cm³/mol. The van der Waals surface area contributed by atoms with E-state index in [1.54, 1.807) is 0 Å². The largest absolute Gasteiger partial charge is 0.381 e. The molecule has 0 bridgehead atoms. The monoisotopic (exact) mass is 302 g/mol. The van der Waals surface area contributed by atoms with E-state index in [1.165, 1.54) is 5.56 Å². The van der Waals surface area contributed by atoms with Crippen molar-refractivity contribution in [2.75, 3.05) is 32.8 Å². The van der Waals surface area contributed by atoms with Crippen LogP contribution in [-0.2, 0) is 16.1 Å². The smallest absolute Gasteiger partial charge is 0.224 e. The fourth-order valence-electron chi connectivity index (χ4n) is 3.37. The summed E-state index contributed by atoms with van der Waals surface area (Å²) in [5.74, 6) is 0.991. The van der Waals surface area contributed by atoms with Crippen LogP contribution in [0.1, 0.15) is 24.8 Å². The lowest BCUT2D eigenvalue weighted by Crippen LogP contribution is -2.37. The topological polar surface area (TPSA) is 41.6 Å². The van der Waals surface area contributed by atoms with Crippen LogP contribution in [0.3, 0.4) is 0 Å². The highest BCUT2D eigenvalue weighted by Crippen LogP contribution is 2.19. The summed E-state index contributed by atoms with van der Waals surface area (Å²) >= 11 is 0. The van der Waals surface area contributed by atoms with Crippen LogP contribution in [0.25, 0.3) is 0 Å². The van der Waals surface area contributed by atoms with Gasteiger partial charge in [0.05, 0.1) is 5.92 Å². The number of carbonyl (C=O) groups is 1. The molecule has 0 saturated carbocycles. The molecule has 0 aliphatic carbocycles. The molecule has 120 valence electrons. The second-order valence-electron chi connectivity index (χ2n) is 6.51. The third-order valence-corrected chi connectivity index (χ3v) is 4.80. The molecule has 0 aromatic heterocycles. The number of hydrogen-bond donors (Lipinski definition) is 1. The molecule has 1 atom stereocenters. The molecule has 2 heterocycles. The van der Waals surface area contributed by atoms with E-state index in [0.717, 1.165) is 58.7 Å². The Morgan fingerprint density at radius 1 is 1.18 bits per heavy atom. The second kappa shape index (κ2) is 7.75. The fraction of sp³-hybridized carbons (Fsp3) is 0.611. The standard InChI is InChI=1S/C18H26N2O2/c21-18(19-12-15-7-10-22-11-8-15)17-6-9-20(14-17)13-16-4-2-1-3-5-16/h1-5,15,17H,6-14H2,(H,19,21)/t17-/m1/s1. The maximum absolute atomic E-state index is 12.3. The van der Waals surface area contributed by atoms with Crippen LogP contribution >= 0.6 is 0 Å². The molecule has 1 aromatic carbocycles. The van der Waals surface area contributed by atoms with Gasteiger partial charge in [0.2, 0.25) is 5.91 Å². The van der Waals surface area contributed by atoms with Crippen molar-refractivity contribution in [1.29, 1.82) is 0 Å². The molecule has 4 heteroatoms. The Morgan fingerprint density at radius 2 is 1.95 bits per heavy atom. The summed E-state index contributed by atoms with van der Waals surface area (Å²) in [5, 5.41) is 3.16. The molecule has 0 spiro atoms. The van der Waals surface area contributed by atoms with Crippen molar-refractivity contribution >= 4 is 5.91 Å². The SMILES string of the molecule is O=C(NCC1CCOCC1)[C@@H]1CCN(Cc2ccccc2)C1. The minimum atomic E-state index is 0.156. The van der Waals surface area contributed by atoms with Crippen molar-refractivity contribution in [3.63, 3.8) is 0 Å². The molecule has 0 unspecified atom stereocenters. The zero-order chi connectivity index (χ0) is 15.2. The quantitative estimate of drug-likeness (QED) is 0.905. The third-order valence-electron chi connectivity index (χ3n) is 4.80. The second-order valence-corrected chi connectivity index (χ2v) is 6.51. The molecule has 2 saturated heterocycles. The van der Waals surface area contributed by atoms with Crippen LogP contribution in [0.15, 0.2) is 30.3 Å². The predicted octanol–water partition coefficient (Wildman–Crippen LogP) is 2.05. The van der Waals surface area contributed by atoms with Gasteiger partial charge in [-0.1, -0.05) is 30.3 Å². The molecule has 4 nitrogen and oxygen atoms in total. The van der Waals surface area contributed by atoms with Crippen molar-refractivity contribution in [2.24, 2.45) is 11.8 Å². The first-order valence-corrected chi connectivity index (χ1v) is 8.43. The van der Waals surface area contributed by atoms with Crippen LogP contribution in [0.2, 0.25) is 0 Å². The fourth-order valence-corrected chi connectivity index (χ4v) is 3.37. The van der Waals surface area contributed by atoms with Gasteiger partial charge in [-0.2, -0.15) is 0 Å². The minimum absolute atomic E-state index is 0.156. The van der Waals surface area contributed by atoms with Gasteiger partial charge in [-0.3, -0.25) is 9.69 Å². The van der Waals surface area contributed by atoms with E-state index >= 15 is 0 Å². The van der Waals surface area contributed by atoms with Crippen molar-refractivity contribution in [3.05, 3.63) is 35.9 Å². The Bertz CT molecular complexity index is 471. The van der Waals surface area contributed by atoms with Crippen LogP contribution in [-0.4, -0.2) is 43.7 Å². The van der Waals surface area contributed by atoms with Gasteiger partial charge in [0.15, 0.2) is 0 Å². The maximum atomic E-state index is 12.3. The molecule has 3 rings (SSSR count). The normalized spacial score (nSPS) is 23.5. The zero-order valence-electron chi connectivity index (χ0n) is 13.2. The third kappa shape index (κ3) is 4.31. The van der Waals surface area contributed by atoms with Gasteiger partial charge in [0.25, 0.3) is 0 Å². The van der Waals surface area contributed by atoms with E-state index in [4.69, 9.17) is 4.74 Å². The molecular formula is C18H26N2O2. The van der Waals surface area contributed by atoms with E-state index in [2.05, 4.69) is 34.5 Å². The number of rotatable bonds is 5. The lowest BCUT2D eigenvalue weighted by molar-refractivity contribution is -0.125. The van der Waals surface area contributed by atoms with Crippen molar-refractivity contribution < 1.29 is 9.53 Å². The molecule has 2 aliphatic rings. The van der Waals surface area contributed by atoms with E-state index in [0.29, 0.717) is 5.92 Å². The highest BCUT2D eigenvalue weighted by Gasteiger charge is 2.28. The number of nitrogens with zero attached hydrogens (tertiary/aromatic N) is 1. The van der Waals surface area contributed by atoms with E-state index in [1.807, 2.05) is 6.07 Å². The molecule has 1 aromatic rings. The molecule has 1 N–H and O–H groups in total. The van der Waals surface area contributed by atoms with Gasteiger partial charge in [0, 0.05) is 32.8 Å². The van der Waals surface area contributed by atoms with Crippen LogP contribution in [0.4, 0.5) is 0 Å². The van der Waals surface area contributed by atoms with E-state index < -0.39 is 0 Å². The van der Waals surface area contributed by atoms with Crippen molar-refractivity contribution in [3.8, 4) is 0 Å². The number of hydrogen-bond acceptors (Lipinski definition) is 3. The van der Waals surface area contributed by atoms with Gasteiger partial charge in [0.1, 0.15) is 0 Å². The molecule has 2 fully saturated rings. The Kier molecular flexibility index (Phi) is 5.46. The van der Waals surface area contributed by atoms with Gasteiger partial charge >= 0.3 is 0 Å². The highest BCUT2D eigenvalue weighted by atomic mass is 16.5. The number of nitrogens with one attached hydrogen (secondary N) is 1. The van der Waals surface area contributed by atoms with E-state index in [9.17, 15) is 4.79 Å². The number of ether oxygens (including phenoxy) is 1. The number of carbonyl (C=O) groups excluding carboxylic acids is 1. The Balaban J connectivity index is 1.40. The van der Waals surface area contributed by atoms with Gasteiger partial charge in [-0.25, -0.2) is 0 Å². The number of likely N-dealkylation sites (tertiary alicyclic amines) is 1. The average molecular weight is 302 g/mol. The van der Waals surface area contributed by atoms with Crippen LogP contribution in [0, 0.1) is 11.8 Å². The summed E-state index contributed by atoms with van der Waals surface area (Å²) in [4.78, 5) is 14.7. The van der Waals surface area contributed by atoms with Crippen molar-refractivity contribution in [2.45, 2.75) is 25.8 Å². The lowest BCUT2D eigenvalue weighted by Gasteiger charge is -2.23. The Labute approximate surface area is 132 Å². The summed E-state index contributed by atoms with van der Waals surface area (Å²) in [6, 6.07) is 10.5. The highest BCUT2D eigenvalue weighted by molar-refractivity contribution is 5.79. The molecule has 0 radical (unpaired) electrons. The van der Waals surface area contributed by atoms with Gasteiger partial charge in [-0.15, -0.1) is 0 Å². The van der Waals surface area contributed by atoms with E-state index in [-0.39, 0.29) is 11.8 Å². The Hall–Kier alpha value is -1.39. The van der Waals surface area contributed by atoms with Crippen LogP contribution < -0.4 is 5.32 Å². The van der Waals surface area contributed by atoms with Crippen molar-refractivity contribution in [1.82, 2.24) is 10.2 Å². The van der Waals surface area contributed by atoms with Gasteiger partial charge in [-0.05, 0) is 37.3 Å². The minimum Gasteiger partial charge on any atom is -0.381 e. The molecule has 2 aliphatic heterocycles. The summed E-state index contributed by atoms with van der Waals surface area (Å²) in [5.41, 5.74) is 1.32. The first-order chi connectivity index (χ1) is 10.8. The zero-order valence-corrected chi connectivity index (χ0v) is 13.2.